The fourth-order valence-electron chi connectivity index (χ4n) is 3.85. The average Bonchev–Trinajstić information content (AvgIpc) is 2.66. The average molecular weight is 394 g/mol. The van der Waals surface area contributed by atoms with Gasteiger partial charge in [0.1, 0.15) is 0 Å². The molecule has 1 aromatic carbocycles. The van der Waals surface area contributed by atoms with Gasteiger partial charge in [0, 0.05) is 25.0 Å². The van der Waals surface area contributed by atoms with Crippen molar-refractivity contribution in [1.82, 2.24) is 14.5 Å². The van der Waals surface area contributed by atoms with Crippen molar-refractivity contribution >= 4 is 15.9 Å². The highest BCUT2D eigenvalue weighted by atomic mass is 32.2. The monoisotopic (exact) mass is 393 g/mol. The van der Waals surface area contributed by atoms with Crippen molar-refractivity contribution in [3.8, 4) is 0 Å². The number of carbonyl (C=O) groups excluding carboxylic acids is 1. The summed E-state index contributed by atoms with van der Waals surface area (Å²) in [4.78, 5) is 15.2. The van der Waals surface area contributed by atoms with Crippen LogP contribution in [0.15, 0.2) is 23.1 Å². The zero-order chi connectivity index (χ0) is 19.6. The molecule has 0 aromatic heterocycles. The van der Waals surface area contributed by atoms with Gasteiger partial charge in [0.2, 0.25) is 15.9 Å². The van der Waals surface area contributed by atoms with Crippen LogP contribution in [0.3, 0.4) is 0 Å². The summed E-state index contributed by atoms with van der Waals surface area (Å²) in [7, 11) is -1.39. The molecule has 0 atom stereocenters. The maximum absolute atomic E-state index is 12.9. The number of hydrogen-bond acceptors (Lipinski definition) is 4. The lowest BCUT2D eigenvalue weighted by molar-refractivity contribution is -0.127. The SMILES string of the molecule is Cc1ccc(S(=O)(=O)N2CCC(C(=O)NC3CCN(C)CC3)CC2)cc1C. The van der Waals surface area contributed by atoms with Crippen molar-refractivity contribution in [3.63, 3.8) is 0 Å². The molecule has 1 aromatic rings. The van der Waals surface area contributed by atoms with Gasteiger partial charge < -0.3 is 10.2 Å². The number of hydrogen-bond donors (Lipinski definition) is 1. The summed E-state index contributed by atoms with van der Waals surface area (Å²) in [6.07, 6.45) is 3.15. The molecule has 150 valence electrons. The zero-order valence-corrected chi connectivity index (χ0v) is 17.4. The molecule has 2 saturated heterocycles. The van der Waals surface area contributed by atoms with Crippen LogP contribution < -0.4 is 5.32 Å². The first-order valence-corrected chi connectivity index (χ1v) is 11.3. The molecule has 2 heterocycles. The van der Waals surface area contributed by atoms with Gasteiger partial charge >= 0.3 is 0 Å². The molecule has 7 heteroatoms. The minimum absolute atomic E-state index is 0.0872. The molecule has 2 aliphatic heterocycles. The van der Waals surface area contributed by atoms with Crippen molar-refractivity contribution in [1.29, 1.82) is 0 Å². The molecule has 1 amide bonds. The summed E-state index contributed by atoms with van der Waals surface area (Å²) < 4.78 is 27.3. The highest BCUT2D eigenvalue weighted by molar-refractivity contribution is 7.89. The van der Waals surface area contributed by atoms with Gasteiger partial charge in [-0.05, 0) is 82.9 Å². The minimum Gasteiger partial charge on any atom is -0.353 e. The molecule has 27 heavy (non-hydrogen) atoms. The molecule has 0 aliphatic carbocycles. The molecular formula is C20H31N3O3S. The Morgan fingerprint density at radius 3 is 2.22 bits per heavy atom. The van der Waals surface area contributed by atoms with Crippen molar-refractivity contribution in [2.24, 2.45) is 5.92 Å². The first kappa shape index (κ1) is 20.3. The van der Waals surface area contributed by atoms with Crippen LogP contribution in [0.2, 0.25) is 0 Å². The summed E-state index contributed by atoms with van der Waals surface area (Å²) in [5, 5.41) is 3.17. The lowest BCUT2D eigenvalue weighted by Crippen LogP contribution is -2.48. The van der Waals surface area contributed by atoms with Crippen LogP contribution in [-0.4, -0.2) is 62.8 Å². The van der Waals surface area contributed by atoms with E-state index in [1.54, 1.807) is 12.1 Å². The van der Waals surface area contributed by atoms with Gasteiger partial charge in [-0.15, -0.1) is 0 Å². The van der Waals surface area contributed by atoms with Crippen molar-refractivity contribution in [3.05, 3.63) is 29.3 Å². The molecule has 2 fully saturated rings. The van der Waals surface area contributed by atoms with Gasteiger partial charge in [-0.3, -0.25) is 4.79 Å². The second kappa shape index (κ2) is 8.29. The van der Waals surface area contributed by atoms with E-state index >= 15 is 0 Å². The molecular weight excluding hydrogens is 362 g/mol. The fraction of sp³-hybridized carbons (Fsp3) is 0.650. The van der Waals surface area contributed by atoms with Crippen LogP contribution in [0, 0.1) is 19.8 Å². The Kier molecular flexibility index (Phi) is 6.23. The number of nitrogens with one attached hydrogen (secondary N) is 1. The Morgan fingerprint density at radius 1 is 1.00 bits per heavy atom. The highest BCUT2D eigenvalue weighted by Gasteiger charge is 2.33. The van der Waals surface area contributed by atoms with Crippen molar-refractivity contribution in [2.75, 3.05) is 33.2 Å². The number of nitrogens with zero attached hydrogens (tertiary/aromatic N) is 2. The lowest BCUT2D eigenvalue weighted by Gasteiger charge is -2.33. The van der Waals surface area contributed by atoms with E-state index in [2.05, 4.69) is 17.3 Å². The molecule has 0 bridgehead atoms. The number of likely N-dealkylation sites (tertiary alicyclic amines) is 1. The second-order valence-electron chi connectivity index (χ2n) is 8.01. The summed E-state index contributed by atoms with van der Waals surface area (Å²) in [6.45, 7) is 6.73. The normalized spacial score (nSPS) is 21.3. The van der Waals surface area contributed by atoms with Gasteiger partial charge in [-0.1, -0.05) is 6.07 Å². The number of benzene rings is 1. The largest absolute Gasteiger partial charge is 0.353 e. The van der Waals surface area contributed by atoms with Crippen molar-refractivity contribution in [2.45, 2.75) is 50.5 Å². The van der Waals surface area contributed by atoms with Crippen molar-refractivity contribution < 1.29 is 13.2 Å². The van der Waals surface area contributed by atoms with Gasteiger partial charge in [-0.25, -0.2) is 8.42 Å². The molecule has 0 radical (unpaired) electrons. The summed E-state index contributed by atoms with van der Waals surface area (Å²) >= 11 is 0. The smallest absolute Gasteiger partial charge is 0.243 e. The molecule has 0 spiro atoms. The molecule has 0 unspecified atom stereocenters. The third kappa shape index (κ3) is 4.70. The van der Waals surface area contributed by atoms with E-state index in [0.29, 0.717) is 30.8 Å². The predicted octanol–water partition coefficient (Wildman–Crippen LogP) is 1.91. The topological polar surface area (TPSA) is 69.7 Å². The van der Waals surface area contributed by atoms with Crippen LogP contribution in [0.1, 0.15) is 36.8 Å². The van der Waals surface area contributed by atoms with E-state index in [1.807, 2.05) is 19.9 Å². The maximum atomic E-state index is 12.9. The minimum atomic E-state index is -3.49. The number of piperidine rings is 2. The quantitative estimate of drug-likeness (QED) is 0.848. The second-order valence-corrected chi connectivity index (χ2v) is 9.95. The number of amides is 1. The molecule has 6 nitrogen and oxygen atoms in total. The van der Waals surface area contributed by atoms with Gasteiger partial charge in [0.15, 0.2) is 0 Å². The van der Waals surface area contributed by atoms with E-state index in [1.165, 1.54) is 4.31 Å². The Bertz CT molecular complexity index is 778. The van der Waals surface area contributed by atoms with Crippen LogP contribution in [0.5, 0.6) is 0 Å². The van der Waals surface area contributed by atoms with Crippen LogP contribution in [0.4, 0.5) is 0 Å². The van der Waals surface area contributed by atoms with E-state index in [9.17, 15) is 13.2 Å². The molecule has 0 saturated carbocycles. The van der Waals surface area contributed by atoms with E-state index < -0.39 is 10.0 Å². The zero-order valence-electron chi connectivity index (χ0n) is 16.6. The standard InChI is InChI=1S/C20H31N3O3S/c1-15-4-5-19(14-16(15)2)27(25,26)23-12-6-17(7-13-23)20(24)21-18-8-10-22(3)11-9-18/h4-5,14,17-18H,6-13H2,1-3H3,(H,21,24). The summed E-state index contributed by atoms with van der Waals surface area (Å²) in [6, 6.07) is 5.52. The number of rotatable bonds is 4. The molecule has 3 rings (SSSR count). The maximum Gasteiger partial charge on any atom is 0.243 e. The van der Waals surface area contributed by atoms with Gasteiger partial charge in [-0.2, -0.15) is 4.31 Å². The predicted molar refractivity (Wildman–Crippen MR) is 106 cm³/mol. The molecule has 1 N–H and O–H groups in total. The number of carbonyl (C=O) groups is 1. The van der Waals surface area contributed by atoms with Crippen LogP contribution in [0.25, 0.3) is 0 Å². The Hall–Kier alpha value is -1.44. The molecule has 2 aliphatic rings. The summed E-state index contributed by atoms with van der Waals surface area (Å²) in [5.74, 6) is 0.00337. The summed E-state index contributed by atoms with van der Waals surface area (Å²) in [5.41, 5.74) is 2.06. The van der Waals surface area contributed by atoms with E-state index in [0.717, 1.165) is 37.1 Å². The van der Waals surface area contributed by atoms with E-state index in [4.69, 9.17) is 0 Å². The first-order valence-electron chi connectivity index (χ1n) is 9.83. The Balaban J connectivity index is 1.56. The van der Waals surface area contributed by atoms with Crippen LogP contribution >= 0.6 is 0 Å². The Labute approximate surface area is 163 Å². The third-order valence-corrected chi connectivity index (χ3v) is 7.90. The van der Waals surface area contributed by atoms with Gasteiger partial charge in [0.05, 0.1) is 4.90 Å². The fourth-order valence-corrected chi connectivity index (χ4v) is 5.41. The third-order valence-electron chi connectivity index (χ3n) is 6.01. The van der Waals surface area contributed by atoms with E-state index in [-0.39, 0.29) is 17.9 Å². The Morgan fingerprint density at radius 2 is 1.63 bits per heavy atom. The number of aryl methyl sites for hydroxylation is 2. The van der Waals surface area contributed by atoms with Gasteiger partial charge in [0.25, 0.3) is 0 Å². The first-order chi connectivity index (χ1) is 12.8. The lowest BCUT2D eigenvalue weighted by atomic mass is 9.96. The van der Waals surface area contributed by atoms with Crippen LogP contribution in [-0.2, 0) is 14.8 Å². The number of sulfonamides is 1. The highest BCUT2D eigenvalue weighted by Crippen LogP contribution is 2.25.